The van der Waals surface area contributed by atoms with Crippen LogP contribution in [0.2, 0.25) is 5.02 Å². The molecule has 0 N–H and O–H groups in total. The maximum absolute atomic E-state index is 8.30. The molecule has 0 atom stereocenters. The van der Waals surface area contributed by atoms with E-state index in [1.54, 1.807) is 0 Å². The molecular formula is C10H10ClNS. The Hall–Kier alpha value is -0.650. The number of rotatable bonds is 4. The molecule has 1 aromatic carbocycles. The molecule has 1 nitrogen and oxygen atoms in total. The van der Waals surface area contributed by atoms with E-state index in [1.165, 1.54) is 17.3 Å². The molecule has 0 saturated heterocycles. The van der Waals surface area contributed by atoms with E-state index in [0.717, 1.165) is 23.6 Å². The molecule has 0 aliphatic carbocycles. The molecule has 0 aromatic heterocycles. The van der Waals surface area contributed by atoms with Gasteiger partial charge in [0.25, 0.3) is 0 Å². The number of aryl methyl sites for hydroxylation is 1. The second-order valence-corrected chi connectivity index (χ2v) is 3.99. The highest BCUT2D eigenvalue weighted by atomic mass is 35.5. The maximum atomic E-state index is 8.30. The molecule has 0 saturated carbocycles. The number of hydrogen-bond donors (Lipinski definition) is 0. The molecule has 0 fully saturated rings. The van der Waals surface area contributed by atoms with Crippen LogP contribution in [0.1, 0.15) is 12.0 Å². The summed E-state index contributed by atoms with van der Waals surface area (Å²) in [6.45, 7) is 0. The van der Waals surface area contributed by atoms with Crippen LogP contribution < -0.4 is 0 Å². The molecular weight excluding hydrogens is 202 g/mol. The monoisotopic (exact) mass is 211 g/mol. The molecule has 13 heavy (non-hydrogen) atoms. The van der Waals surface area contributed by atoms with Crippen LogP contribution >= 0.6 is 23.4 Å². The maximum Gasteiger partial charge on any atom is 0.133 e. The van der Waals surface area contributed by atoms with Crippen LogP contribution in [0.15, 0.2) is 24.3 Å². The fraction of sp³-hybridized carbons (Fsp3) is 0.300. The van der Waals surface area contributed by atoms with Gasteiger partial charge in [0.2, 0.25) is 0 Å². The Morgan fingerprint density at radius 1 is 1.46 bits per heavy atom. The number of benzene rings is 1. The molecule has 3 heteroatoms. The number of thioether (sulfide) groups is 1. The molecule has 0 heterocycles. The van der Waals surface area contributed by atoms with Gasteiger partial charge < -0.3 is 0 Å². The number of thiocyanates is 1. The van der Waals surface area contributed by atoms with Crippen molar-refractivity contribution in [2.75, 3.05) is 5.75 Å². The van der Waals surface area contributed by atoms with Crippen molar-refractivity contribution >= 4 is 23.4 Å². The van der Waals surface area contributed by atoms with Crippen LogP contribution in [0, 0.1) is 10.7 Å². The normalized spacial score (nSPS) is 9.54. The van der Waals surface area contributed by atoms with Gasteiger partial charge in [0, 0.05) is 10.8 Å². The summed E-state index contributed by atoms with van der Waals surface area (Å²) in [4.78, 5) is 0. The van der Waals surface area contributed by atoms with Gasteiger partial charge in [-0.1, -0.05) is 23.7 Å². The van der Waals surface area contributed by atoms with Gasteiger partial charge >= 0.3 is 0 Å². The van der Waals surface area contributed by atoms with Gasteiger partial charge in [-0.15, -0.1) is 0 Å². The lowest BCUT2D eigenvalue weighted by Crippen LogP contribution is -1.86. The van der Waals surface area contributed by atoms with Crippen molar-refractivity contribution in [2.45, 2.75) is 12.8 Å². The summed E-state index contributed by atoms with van der Waals surface area (Å²) in [6, 6.07) is 7.85. The highest BCUT2D eigenvalue weighted by molar-refractivity contribution is 8.03. The van der Waals surface area contributed by atoms with E-state index >= 15 is 0 Å². The highest BCUT2D eigenvalue weighted by Crippen LogP contribution is 2.13. The Morgan fingerprint density at radius 2 is 2.31 bits per heavy atom. The Kier molecular flexibility index (Phi) is 4.74. The SMILES string of the molecule is N#CSCCCc1cccc(Cl)c1. The number of halogens is 1. The van der Waals surface area contributed by atoms with Gasteiger partial charge in [0.1, 0.15) is 5.40 Å². The molecule has 0 spiro atoms. The second kappa shape index (κ2) is 5.90. The predicted octanol–water partition coefficient (Wildman–Crippen LogP) is 3.49. The number of hydrogen-bond acceptors (Lipinski definition) is 2. The summed E-state index contributed by atoms with van der Waals surface area (Å²) in [7, 11) is 0. The van der Waals surface area contributed by atoms with Crippen LogP contribution in [-0.2, 0) is 6.42 Å². The van der Waals surface area contributed by atoms with Crippen molar-refractivity contribution in [1.29, 1.82) is 5.26 Å². The molecule has 0 unspecified atom stereocenters. The smallest absolute Gasteiger partial charge is 0.133 e. The van der Waals surface area contributed by atoms with Crippen molar-refractivity contribution in [3.63, 3.8) is 0 Å². The molecule has 0 bridgehead atoms. The molecule has 1 rings (SSSR count). The van der Waals surface area contributed by atoms with Crippen molar-refractivity contribution in [3.05, 3.63) is 34.9 Å². The fourth-order valence-electron chi connectivity index (χ4n) is 1.09. The van der Waals surface area contributed by atoms with Crippen molar-refractivity contribution in [3.8, 4) is 5.40 Å². The average molecular weight is 212 g/mol. The van der Waals surface area contributed by atoms with Crippen molar-refractivity contribution in [2.24, 2.45) is 0 Å². The number of nitrogens with zero attached hydrogens (tertiary/aromatic N) is 1. The van der Waals surface area contributed by atoms with E-state index < -0.39 is 0 Å². The summed E-state index contributed by atoms with van der Waals surface area (Å²) in [5.41, 5.74) is 1.24. The van der Waals surface area contributed by atoms with Gasteiger partial charge in [-0.25, -0.2) is 0 Å². The zero-order valence-corrected chi connectivity index (χ0v) is 8.74. The lowest BCUT2D eigenvalue weighted by Gasteiger charge is -1.99. The summed E-state index contributed by atoms with van der Waals surface area (Å²) in [5, 5.41) is 11.1. The van der Waals surface area contributed by atoms with E-state index in [-0.39, 0.29) is 0 Å². The Morgan fingerprint density at radius 3 is 3.00 bits per heavy atom. The largest absolute Gasteiger partial charge is 0.185 e. The Labute approximate surface area is 87.7 Å². The van der Waals surface area contributed by atoms with E-state index in [1.807, 2.05) is 18.2 Å². The fourth-order valence-corrected chi connectivity index (χ4v) is 1.68. The topological polar surface area (TPSA) is 23.8 Å². The summed E-state index contributed by atoms with van der Waals surface area (Å²) >= 11 is 7.13. The standard InChI is InChI=1S/C10H10ClNS/c11-10-5-1-3-9(7-10)4-2-6-13-8-12/h1,3,5,7H,2,4,6H2. The Bertz CT molecular complexity index is 306. The summed E-state index contributed by atoms with van der Waals surface area (Å²) in [5.74, 6) is 0.892. The van der Waals surface area contributed by atoms with Crippen LogP contribution in [-0.4, -0.2) is 5.75 Å². The van der Waals surface area contributed by atoms with Gasteiger partial charge in [-0.3, -0.25) is 0 Å². The second-order valence-electron chi connectivity index (χ2n) is 2.67. The molecule has 0 aliphatic rings. The van der Waals surface area contributed by atoms with Crippen LogP contribution in [0.4, 0.5) is 0 Å². The first-order valence-corrected chi connectivity index (χ1v) is 5.44. The van der Waals surface area contributed by atoms with Crippen molar-refractivity contribution in [1.82, 2.24) is 0 Å². The minimum atomic E-state index is 0.783. The Balaban J connectivity index is 2.33. The van der Waals surface area contributed by atoms with Crippen LogP contribution in [0.25, 0.3) is 0 Å². The predicted molar refractivity (Wildman–Crippen MR) is 57.8 cm³/mol. The van der Waals surface area contributed by atoms with Crippen LogP contribution in [0.5, 0.6) is 0 Å². The number of nitriles is 1. The zero-order chi connectivity index (χ0) is 9.52. The van der Waals surface area contributed by atoms with Gasteiger partial charge in [-0.05, 0) is 42.3 Å². The third-order valence-electron chi connectivity index (χ3n) is 1.67. The summed E-state index contributed by atoms with van der Waals surface area (Å²) < 4.78 is 0. The highest BCUT2D eigenvalue weighted by Gasteiger charge is 1.94. The average Bonchev–Trinajstić information content (AvgIpc) is 2.13. The van der Waals surface area contributed by atoms with E-state index in [0.29, 0.717) is 0 Å². The summed E-state index contributed by atoms with van der Waals surface area (Å²) in [6.07, 6.45) is 2.02. The first kappa shape index (κ1) is 10.4. The third-order valence-corrected chi connectivity index (χ3v) is 2.52. The molecule has 0 aliphatic heterocycles. The zero-order valence-electron chi connectivity index (χ0n) is 7.16. The van der Waals surface area contributed by atoms with E-state index in [4.69, 9.17) is 16.9 Å². The first-order chi connectivity index (χ1) is 6.33. The van der Waals surface area contributed by atoms with Crippen LogP contribution in [0.3, 0.4) is 0 Å². The lowest BCUT2D eigenvalue weighted by molar-refractivity contribution is 0.935. The first-order valence-electron chi connectivity index (χ1n) is 4.08. The molecule has 0 radical (unpaired) electrons. The van der Waals surface area contributed by atoms with Gasteiger partial charge in [-0.2, -0.15) is 5.26 Å². The minimum absolute atomic E-state index is 0.783. The molecule has 68 valence electrons. The van der Waals surface area contributed by atoms with Gasteiger partial charge in [0.05, 0.1) is 0 Å². The van der Waals surface area contributed by atoms with Crippen molar-refractivity contribution < 1.29 is 0 Å². The molecule has 1 aromatic rings. The third kappa shape index (κ3) is 4.21. The quantitative estimate of drug-likeness (QED) is 0.563. The van der Waals surface area contributed by atoms with Gasteiger partial charge in [0.15, 0.2) is 0 Å². The minimum Gasteiger partial charge on any atom is -0.185 e. The van der Waals surface area contributed by atoms with E-state index in [9.17, 15) is 0 Å². The lowest BCUT2D eigenvalue weighted by atomic mass is 10.1. The molecule has 0 amide bonds. The van der Waals surface area contributed by atoms with E-state index in [2.05, 4.69) is 11.5 Å².